The number of aliphatic carboxylic acids is 1. The molecule has 0 unspecified atom stereocenters. The number of ether oxygens (including phenoxy) is 2. The van der Waals surface area contributed by atoms with Crippen molar-refractivity contribution in [2.24, 2.45) is 5.41 Å². The van der Waals surface area contributed by atoms with Crippen LogP contribution < -0.4 is 0 Å². The maximum absolute atomic E-state index is 12.2. The predicted octanol–water partition coefficient (Wildman–Crippen LogP) is -0.584. The molecule has 0 aromatic rings. The summed E-state index contributed by atoms with van der Waals surface area (Å²) in [6.07, 6.45) is 0.0982. The summed E-state index contributed by atoms with van der Waals surface area (Å²) >= 11 is 0. The minimum Gasteiger partial charge on any atom is -0.478 e. The van der Waals surface area contributed by atoms with E-state index in [4.69, 9.17) is 14.6 Å². The number of nitrogens with zero attached hydrogens (tertiary/aromatic N) is 1. The summed E-state index contributed by atoms with van der Waals surface area (Å²) in [7, 11) is 0. The number of aliphatic hydroxyl groups excluding tert-OH is 1. The van der Waals surface area contributed by atoms with Crippen LogP contribution in [0.4, 0.5) is 0 Å². The Bertz CT molecular complexity index is 452. The van der Waals surface area contributed by atoms with Gasteiger partial charge < -0.3 is 24.6 Å². The Morgan fingerprint density at radius 3 is 2.41 bits per heavy atom. The molecule has 1 rings (SSSR count). The number of morpholine rings is 1. The van der Waals surface area contributed by atoms with Crippen LogP contribution in [0.15, 0.2) is 12.2 Å². The monoisotopic (exact) mass is 315 g/mol. The molecule has 0 aliphatic carbocycles. The van der Waals surface area contributed by atoms with E-state index in [0.29, 0.717) is 32.4 Å². The number of carboxylic acid groups (broad SMARTS) is 1. The largest absolute Gasteiger partial charge is 0.478 e. The second-order valence-corrected chi connectivity index (χ2v) is 5.61. The van der Waals surface area contributed by atoms with Crippen LogP contribution in [-0.4, -0.2) is 72.0 Å². The predicted molar refractivity (Wildman–Crippen MR) is 74.9 cm³/mol. The van der Waals surface area contributed by atoms with Gasteiger partial charge in [-0.3, -0.25) is 4.79 Å². The second-order valence-electron chi connectivity index (χ2n) is 5.61. The van der Waals surface area contributed by atoms with Crippen molar-refractivity contribution < 1.29 is 34.1 Å². The van der Waals surface area contributed by atoms with Gasteiger partial charge in [0, 0.05) is 30.7 Å². The lowest BCUT2D eigenvalue weighted by Crippen LogP contribution is -2.51. The number of hydrogen-bond donors (Lipinski definition) is 2. The summed E-state index contributed by atoms with van der Waals surface area (Å²) in [5, 5.41) is 18.6. The summed E-state index contributed by atoms with van der Waals surface area (Å²) < 4.78 is 10.0. The molecule has 0 aromatic carbocycles. The summed E-state index contributed by atoms with van der Waals surface area (Å²) in [6.45, 7) is 4.63. The van der Waals surface area contributed by atoms with E-state index in [0.717, 1.165) is 6.08 Å². The third kappa shape index (κ3) is 5.45. The quantitative estimate of drug-likeness (QED) is 0.498. The molecular formula is C14H21NO7. The van der Waals surface area contributed by atoms with Crippen LogP contribution in [0.25, 0.3) is 0 Å². The van der Waals surface area contributed by atoms with E-state index in [1.165, 1.54) is 4.90 Å². The lowest BCUT2D eigenvalue weighted by Gasteiger charge is -2.34. The van der Waals surface area contributed by atoms with Crippen molar-refractivity contribution in [3.8, 4) is 0 Å². The average molecular weight is 315 g/mol. The highest BCUT2D eigenvalue weighted by Crippen LogP contribution is 2.23. The first kappa shape index (κ1) is 18.1. The first-order valence-electron chi connectivity index (χ1n) is 6.86. The van der Waals surface area contributed by atoms with Crippen LogP contribution in [0.1, 0.15) is 13.8 Å². The van der Waals surface area contributed by atoms with E-state index < -0.39 is 29.4 Å². The zero-order valence-electron chi connectivity index (χ0n) is 12.7. The molecule has 2 N–H and O–H groups in total. The molecule has 1 aliphatic heterocycles. The van der Waals surface area contributed by atoms with E-state index in [1.807, 2.05) is 0 Å². The average Bonchev–Trinajstić information content (AvgIpc) is 2.50. The molecule has 0 radical (unpaired) electrons. The van der Waals surface area contributed by atoms with Crippen molar-refractivity contribution in [3.05, 3.63) is 12.2 Å². The van der Waals surface area contributed by atoms with E-state index in [2.05, 4.69) is 0 Å². The fourth-order valence-corrected chi connectivity index (χ4v) is 1.81. The topological polar surface area (TPSA) is 113 Å². The standard InChI is InChI=1S/C14H21NO7/c1-14(2,9-22-11(18)4-3-10(16)17)12(19)13(20)15-5-7-21-8-6-15/h3-4,12,19H,5-9H2,1-2H3,(H,16,17)/b4-3+/t12-/m0/s1. The molecule has 1 heterocycles. The SMILES string of the molecule is CC(C)(COC(=O)/C=C/C(=O)O)[C@@H](O)C(=O)N1CCOCC1. The van der Waals surface area contributed by atoms with E-state index in [1.54, 1.807) is 13.8 Å². The van der Waals surface area contributed by atoms with Crippen LogP contribution in [-0.2, 0) is 23.9 Å². The molecular weight excluding hydrogens is 294 g/mol. The number of carbonyl (C=O) groups excluding carboxylic acids is 2. The van der Waals surface area contributed by atoms with Crippen molar-refractivity contribution in [1.29, 1.82) is 0 Å². The normalized spacial score (nSPS) is 17.3. The van der Waals surface area contributed by atoms with Gasteiger partial charge in [-0.15, -0.1) is 0 Å². The Balaban J connectivity index is 2.54. The molecule has 0 bridgehead atoms. The highest BCUT2D eigenvalue weighted by atomic mass is 16.5. The number of amides is 1. The minimum atomic E-state index is -1.33. The Morgan fingerprint density at radius 1 is 1.27 bits per heavy atom. The molecule has 1 saturated heterocycles. The van der Waals surface area contributed by atoms with Crippen molar-refractivity contribution in [1.82, 2.24) is 4.90 Å². The van der Waals surface area contributed by atoms with Crippen LogP contribution in [0.5, 0.6) is 0 Å². The van der Waals surface area contributed by atoms with Crippen molar-refractivity contribution in [3.63, 3.8) is 0 Å². The maximum Gasteiger partial charge on any atom is 0.331 e. The second kappa shape index (κ2) is 7.90. The molecule has 1 fully saturated rings. The number of aliphatic hydroxyl groups is 1. The molecule has 0 spiro atoms. The highest BCUT2D eigenvalue weighted by molar-refractivity contribution is 5.90. The Hall–Kier alpha value is -1.93. The van der Waals surface area contributed by atoms with Gasteiger partial charge in [-0.1, -0.05) is 13.8 Å². The fraction of sp³-hybridized carbons (Fsp3) is 0.643. The van der Waals surface area contributed by atoms with Gasteiger partial charge in [-0.2, -0.15) is 0 Å². The van der Waals surface area contributed by atoms with Gasteiger partial charge in [0.25, 0.3) is 5.91 Å². The van der Waals surface area contributed by atoms with Gasteiger partial charge in [-0.25, -0.2) is 9.59 Å². The zero-order valence-corrected chi connectivity index (χ0v) is 12.7. The smallest absolute Gasteiger partial charge is 0.331 e. The van der Waals surface area contributed by atoms with Crippen molar-refractivity contribution in [2.45, 2.75) is 20.0 Å². The molecule has 1 atom stereocenters. The highest BCUT2D eigenvalue weighted by Gasteiger charge is 2.37. The molecule has 8 nitrogen and oxygen atoms in total. The lowest BCUT2D eigenvalue weighted by atomic mass is 9.86. The van der Waals surface area contributed by atoms with Gasteiger partial charge in [0.15, 0.2) is 0 Å². The van der Waals surface area contributed by atoms with Crippen molar-refractivity contribution in [2.75, 3.05) is 32.9 Å². The minimum absolute atomic E-state index is 0.215. The molecule has 0 aromatic heterocycles. The first-order chi connectivity index (χ1) is 10.2. The lowest BCUT2D eigenvalue weighted by molar-refractivity contribution is -0.157. The molecule has 22 heavy (non-hydrogen) atoms. The third-order valence-electron chi connectivity index (χ3n) is 3.25. The molecule has 0 saturated carbocycles. The van der Waals surface area contributed by atoms with Crippen LogP contribution >= 0.6 is 0 Å². The van der Waals surface area contributed by atoms with Gasteiger partial charge in [0.2, 0.25) is 0 Å². The number of carboxylic acids is 1. The van der Waals surface area contributed by atoms with Crippen LogP contribution in [0, 0.1) is 5.41 Å². The van der Waals surface area contributed by atoms with Crippen molar-refractivity contribution >= 4 is 17.8 Å². The molecule has 1 aliphatic rings. The zero-order chi connectivity index (χ0) is 16.8. The van der Waals surface area contributed by atoms with E-state index in [-0.39, 0.29) is 6.61 Å². The van der Waals surface area contributed by atoms with Gasteiger partial charge >= 0.3 is 11.9 Å². The number of hydrogen-bond acceptors (Lipinski definition) is 6. The Morgan fingerprint density at radius 2 is 1.86 bits per heavy atom. The van der Waals surface area contributed by atoms with E-state index >= 15 is 0 Å². The van der Waals surface area contributed by atoms with Gasteiger partial charge in [0.05, 0.1) is 19.8 Å². The summed E-state index contributed by atoms with van der Waals surface area (Å²) in [6, 6.07) is 0. The summed E-state index contributed by atoms with van der Waals surface area (Å²) in [5.74, 6) is -2.55. The summed E-state index contributed by atoms with van der Waals surface area (Å²) in [4.78, 5) is 35.3. The van der Waals surface area contributed by atoms with Crippen LogP contribution in [0.2, 0.25) is 0 Å². The van der Waals surface area contributed by atoms with E-state index in [9.17, 15) is 19.5 Å². The summed E-state index contributed by atoms with van der Waals surface area (Å²) in [5.41, 5.74) is -0.998. The van der Waals surface area contributed by atoms with Crippen LogP contribution in [0.3, 0.4) is 0 Å². The fourth-order valence-electron chi connectivity index (χ4n) is 1.81. The van der Waals surface area contributed by atoms with Gasteiger partial charge in [-0.05, 0) is 0 Å². The Kier molecular flexibility index (Phi) is 6.51. The maximum atomic E-state index is 12.2. The third-order valence-corrected chi connectivity index (χ3v) is 3.25. The molecule has 124 valence electrons. The molecule has 8 heteroatoms. The number of esters is 1. The molecule has 1 amide bonds. The number of rotatable bonds is 6. The number of carbonyl (C=O) groups is 3. The first-order valence-corrected chi connectivity index (χ1v) is 6.86. The van der Waals surface area contributed by atoms with Gasteiger partial charge in [0.1, 0.15) is 6.10 Å². The Labute approximate surface area is 128 Å².